The first kappa shape index (κ1) is 13.1. The smallest absolute Gasteiger partial charge is 0.303 e. The van der Waals surface area contributed by atoms with Crippen molar-refractivity contribution in [3.8, 4) is 11.5 Å². The average molecular weight is 298 g/mol. The second-order valence-corrected chi connectivity index (χ2v) is 5.27. The molecular formula is C13H12ClNO5. The van der Waals surface area contributed by atoms with E-state index in [9.17, 15) is 9.59 Å². The fourth-order valence-electron chi connectivity index (χ4n) is 2.39. The van der Waals surface area contributed by atoms with E-state index in [-0.39, 0.29) is 25.0 Å². The van der Waals surface area contributed by atoms with E-state index in [1.54, 1.807) is 17.0 Å². The topological polar surface area (TPSA) is 76.1 Å². The lowest BCUT2D eigenvalue weighted by molar-refractivity contribution is -0.139. The maximum Gasteiger partial charge on any atom is 0.303 e. The molecule has 7 heteroatoms. The SMILES string of the molecule is O=C(O)CC1CN(C(=O)c2cc(Cl)c3c(c2)OCO3)C1. The minimum Gasteiger partial charge on any atom is -0.481 e. The normalized spacial score (nSPS) is 16.9. The fourth-order valence-corrected chi connectivity index (χ4v) is 2.65. The van der Waals surface area contributed by atoms with Crippen LogP contribution in [0.5, 0.6) is 11.5 Å². The number of carboxylic acid groups (broad SMARTS) is 1. The summed E-state index contributed by atoms with van der Waals surface area (Å²) < 4.78 is 10.4. The van der Waals surface area contributed by atoms with Crippen molar-refractivity contribution in [3.05, 3.63) is 22.7 Å². The molecule has 20 heavy (non-hydrogen) atoms. The van der Waals surface area contributed by atoms with Crippen molar-refractivity contribution in [2.24, 2.45) is 5.92 Å². The number of carboxylic acids is 1. The van der Waals surface area contributed by atoms with Crippen molar-refractivity contribution >= 4 is 23.5 Å². The van der Waals surface area contributed by atoms with Gasteiger partial charge in [-0.25, -0.2) is 0 Å². The highest BCUT2D eigenvalue weighted by molar-refractivity contribution is 6.32. The number of hydrogen-bond donors (Lipinski definition) is 1. The molecule has 1 saturated heterocycles. The van der Waals surface area contributed by atoms with Crippen LogP contribution in [0.1, 0.15) is 16.8 Å². The Labute approximate surface area is 119 Å². The van der Waals surface area contributed by atoms with Crippen molar-refractivity contribution in [2.45, 2.75) is 6.42 Å². The third kappa shape index (κ3) is 2.27. The van der Waals surface area contributed by atoms with E-state index in [0.717, 1.165) is 0 Å². The number of ether oxygens (including phenoxy) is 2. The Morgan fingerprint density at radius 3 is 2.80 bits per heavy atom. The van der Waals surface area contributed by atoms with Gasteiger partial charge >= 0.3 is 5.97 Å². The summed E-state index contributed by atoms with van der Waals surface area (Å²) in [4.78, 5) is 24.4. The zero-order chi connectivity index (χ0) is 14.3. The molecule has 2 aliphatic heterocycles. The van der Waals surface area contributed by atoms with Gasteiger partial charge in [-0.3, -0.25) is 9.59 Å². The summed E-state index contributed by atoms with van der Waals surface area (Å²) in [6.07, 6.45) is 0.0890. The van der Waals surface area contributed by atoms with Crippen LogP contribution in [0.25, 0.3) is 0 Å². The largest absolute Gasteiger partial charge is 0.481 e. The Balaban J connectivity index is 1.70. The number of carbonyl (C=O) groups excluding carboxylic acids is 1. The zero-order valence-electron chi connectivity index (χ0n) is 10.5. The monoisotopic (exact) mass is 297 g/mol. The summed E-state index contributed by atoms with van der Waals surface area (Å²) >= 11 is 6.03. The molecule has 1 amide bonds. The second-order valence-electron chi connectivity index (χ2n) is 4.87. The number of halogens is 1. The van der Waals surface area contributed by atoms with Gasteiger partial charge in [0.05, 0.1) is 11.4 Å². The maximum absolute atomic E-state index is 12.2. The van der Waals surface area contributed by atoms with Crippen LogP contribution in [0.2, 0.25) is 5.02 Å². The molecule has 0 radical (unpaired) electrons. The van der Waals surface area contributed by atoms with Crippen LogP contribution in [0.4, 0.5) is 0 Å². The summed E-state index contributed by atoms with van der Waals surface area (Å²) in [6, 6.07) is 3.14. The Morgan fingerprint density at radius 2 is 2.10 bits per heavy atom. The summed E-state index contributed by atoms with van der Waals surface area (Å²) in [5.41, 5.74) is 0.424. The van der Waals surface area contributed by atoms with Gasteiger partial charge in [-0.05, 0) is 12.1 Å². The molecule has 0 unspecified atom stereocenters. The molecule has 0 bridgehead atoms. The Hall–Kier alpha value is -1.95. The van der Waals surface area contributed by atoms with E-state index in [0.29, 0.717) is 35.2 Å². The first-order valence-corrected chi connectivity index (χ1v) is 6.52. The van der Waals surface area contributed by atoms with E-state index in [1.807, 2.05) is 0 Å². The van der Waals surface area contributed by atoms with Gasteiger partial charge in [0.15, 0.2) is 11.5 Å². The third-order valence-electron chi connectivity index (χ3n) is 3.38. The first-order valence-electron chi connectivity index (χ1n) is 6.15. The number of likely N-dealkylation sites (tertiary alicyclic amines) is 1. The summed E-state index contributed by atoms with van der Waals surface area (Å²) in [5.74, 6) is -0.0694. The van der Waals surface area contributed by atoms with Gasteiger partial charge in [0.25, 0.3) is 5.91 Å². The zero-order valence-corrected chi connectivity index (χ0v) is 11.2. The molecule has 6 nitrogen and oxygen atoms in total. The molecule has 0 saturated carbocycles. The Bertz CT molecular complexity index is 582. The van der Waals surface area contributed by atoms with E-state index in [4.69, 9.17) is 26.2 Å². The number of fused-ring (bicyclic) bond motifs is 1. The predicted molar refractivity (Wildman–Crippen MR) is 69.2 cm³/mol. The van der Waals surface area contributed by atoms with E-state index >= 15 is 0 Å². The molecule has 106 valence electrons. The minimum atomic E-state index is -0.840. The van der Waals surface area contributed by atoms with Crippen LogP contribution < -0.4 is 9.47 Å². The predicted octanol–water partition coefficient (Wildman–Crippen LogP) is 1.62. The van der Waals surface area contributed by atoms with Gasteiger partial charge in [-0.15, -0.1) is 0 Å². The molecule has 0 spiro atoms. The highest BCUT2D eigenvalue weighted by atomic mass is 35.5. The Morgan fingerprint density at radius 1 is 1.35 bits per heavy atom. The molecular weight excluding hydrogens is 286 g/mol. The lowest BCUT2D eigenvalue weighted by Gasteiger charge is -2.38. The van der Waals surface area contributed by atoms with Gasteiger partial charge in [0, 0.05) is 24.6 Å². The van der Waals surface area contributed by atoms with Gasteiger partial charge in [-0.2, -0.15) is 0 Å². The highest BCUT2D eigenvalue weighted by Crippen LogP contribution is 2.40. The van der Waals surface area contributed by atoms with Crippen LogP contribution in [0.15, 0.2) is 12.1 Å². The van der Waals surface area contributed by atoms with E-state index in [2.05, 4.69) is 0 Å². The minimum absolute atomic E-state index is 0.0286. The van der Waals surface area contributed by atoms with Crippen LogP contribution >= 0.6 is 11.6 Å². The summed E-state index contributed by atoms with van der Waals surface area (Å²) in [5, 5.41) is 9.02. The molecule has 1 aromatic carbocycles. The summed E-state index contributed by atoms with van der Waals surface area (Å²) in [6.45, 7) is 1.01. The van der Waals surface area contributed by atoms with Crippen molar-refractivity contribution in [2.75, 3.05) is 19.9 Å². The number of amides is 1. The number of nitrogens with zero attached hydrogens (tertiary/aromatic N) is 1. The highest BCUT2D eigenvalue weighted by Gasteiger charge is 2.33. The third-order valence-corrected chi connectivity index (χ3v) is 3.66. The second kappa shape index (κ2) is 4.86. The van der Waals surface area contributed by atoms with E-state index in [1.165, 1.54) is 0 Å². The number of aliphatic carboxylic acids is 1. The van der Waals surface area contributed by atoms with Crippen molar-refractivity contribution in [1.29, 1.82) is 0 Å². The molecule has 1 fully saturated rings. The van der Waals surface area contributed by atoms with Crippen LogP contribution in [0.3, 0.4) is 0 Å². The number of rotatable bonds is 3. The average Bonchev–Trinajstić information content (AvgIpc) is 2.80. The first-order chi connectivity index (χ1) is 9.54. The van der Waals surface area contributed by atoms with Crippen molar-refractivity contribution in [1.82, 2.24) is 4.90 Å². The lowest BCUT2D eigenvalue weighted by atomic mass is 9.95. The maximum atomic E-state index is 12.2. The number of carbonyl (C=O) groups is 2. The lowest BCUT2D eigenvalue weighted by Crippen LogP contribution is -2.50. The molecule has 1 N–H and O–H groups in total. The molecule has 3 rings (SSSR count). The molecule has 2 aliphatic rings. The fraction of sp³-hybridized carbons (Fsp3) is 0.385. The van der Waals surface area contributed by atoms with Crippen molar-refractivity contribution < 1.29 is 24.2 Å². The van der Waals surface area contributed by atoms with E-state index < -0.39 is 5.97 Å². The van der Waals surface area contributed by atoms with Crippen molar-refractivity contribution in [3.63, 3.8) is 0 Å². The summed E-state index contributed by atoms with van der Waals surface area (Å²) in [7, 11) is 0. The molecule has 0 atom stereocenters. The van der Waals surface area contributed by atoms with Crippen LogP contribution in [-0.4, -0.2) is 41.8 Å². The quantitative estimate of drug-likeness (QED) is 0.917. The Kier molecular flexibility index (Phi) is 3.17. The standard InChI is InChI=1S/C13H12ClNO5/c14-9-2-8(3-10-12(9)20-6-19-10)13(18)15-4-7(5-15)1-11(16)17/h2-3,7H,1,4-6H2,(H,16,17). The van der Waals surface area contributed by atoms with Gasteiger partial charge < -0.3 is 19.5 Å². The number of benzene rings is 1. The number of hydrogen-bond acceptors (Lipinski definition) is 4. The van der Waals surface area contributed by atoms with Gasteiger partial charge in [-0.1, -0.05) is 11.6 Å². The molecule has 0 aromatic heterocycles. The van der Waals surface area contributed by atoms with Crippen LogP contribution in [-0.2, 0) is 4.79 Å². The van der Waals surface area contributed by atoms with Gasteiger partial charge in [0.1, 0.15) is 0 Å². The van der Waals surface area contributed by atoms with Gasteiger partial charge in [0.2, 0.25) is 6.79 Å². The molecule has 0 aliphatic carbocycles. The molecule has 2 heterocycles. The molecule has 1 aromatic rings. The van der Waals surface area contributed by atoms with Crippen LogP contribution in [0, 0.1) is 5.92 Å².